The van der Waals surface area contributed by atoms with Crippen LogP contribution in [0.1, 0.15) is 51.2 Å². The van der Waals surface area contributed by atoms with Gasteiger partial charge in [-0.1, -0.05) is 37.3 Å². The van der Waals surface area contributed by atoms with Gasteiger partial charge in [0.15, 0.2) is 0 Å². The van der Waals surface area contributed by atoms with Gasteiger partial charge >= 0.3 is 0 Å². The topological polar surface area (TPSA) is 21.3 Å². The third-order valence-electron chi connectivity index (χ3n) is 4.89. The Bertz CT molecular complexity index is 409. The first-order valence-corrected chi connectivity index (χ1v) is 7.63. The first-order valence-electron chi connectivity index (χ1n) is 7.63. The molecule has 2 heteroatoms. The van der Waals surface area contributed by atoms with E-state index in [1.165, 1.54) is 31.2 Å². The lowest BCUT2D eigenvalue weighted by molar-refractivity contribution is -0.0746. The molecule has 0 aromatic heterocycles. The number of morpholine rings is 1. The molecule has 1 aromatic carbocycles. The zero-order chi connectivity index (χ0) is 13.3. The summed E-state index contributed by atoms with van der Waals surface area (Å²) in [6, 6.07) is 11.0. The standard InChI is InChI=1S/C17H25NO/c1-13-8-10-17(11-9-13)12-19-16(14(2)18-17)15-6-4-3-5-7-15/h3-7,13-14,16,18H,8-12H2,1-2H3. The monoisotopic (exact) mass is 259 g/mol. The van der Waals surface area contributed by atoms with Crippen LogP contribution in [0.15, 0.2) is 30.3 Å². The van der Waals surface area contributed by atoms with Gasteiger partial charge in [-0.05, 0) is 44.1 Å². The highest BCUT2D eigenvalue weighted by atomic mass is 16.5. The molecule has 1 saturated heterocycles. The maximum Gasteiger partial charge on any atom is 0.0976 e. The van der Waals surface area contributed by atoms with Crippen molar-refractivity contribution in [3.8, 4) is 0 Å². The van der Waals surface area contributed by atoms with Crippen molar-refractivity contribution in [2.75, 3.05) is 6.61 Å². The molecule has 1 aromatic rings. The summed E-state index contributed by atoms with van der Waals surface area (Å²) in [5.74, 6) is 0.884. The van der Waals surface area contributed by atoms with Gasteiger partial charge in [-0.2, -0.15) is 0 Å². The van der Waals surface area contributed by atoms with E-state index in [2.05, 4.69) is 49.5 Å². The smallest absolute Gasteiger partial charge is 0.0976 e. The fourth-order valence-electron chi connectivity index (χ4n) is 3.62. The molecule has 1 aliphatic carbocycles. The van der Waals surface area contributed by atoms with Crippen LogP contribution >= 0.6 is 0 Å². The summed E-state index contributed by atoms with van der Waals surface area (Å²) in [6.45, 7) is 5.49. The molecule has 2 fully saturated rings. The van der Waals surface area contributed by atoms with Crippen molar-refractivity contribution >= 4 is 0 Å². The van der Waals surface area contributed by atoms with Gasteiger partial charge in [0.2, 0.25) is 0 Å². The number of ether oxygens (including phenoxy) is 1. The van der Waals surface area contributed by atoms with Crippen LogP contribution in [0.2, 0.25) is 0 Å². The predicted molar refractivity (Wildman–Crippen MR) is 78.1 cm³/mol. The molecule has 1 heterocycles. The van der Waals surface area contributed by atoms with Crippen LogP contribution in [0.5, 0.6) is 0 Å². The molecule has 1 spiro atoms. The van der Waals surface area contributed by atoms with Crippen LogP contribution in [-0.2, 0) is 4.74 Å². The Morgan fingerprint density at radius 2 is 1.79 bits per heavy atom. The molecule has 1 saturated carbocycles. The molecule has 2 aliphatic rings. The van der Waals surface area contributed by atoms with Crippen molar-refractivity contribution in [1.29, 1.82) is 0 Å². The minimum atomic E-state index is 0.200. The van der Waals surface area contributed by atoms with Crippen molar-refractivity contribution in [3.05, 3.63) is 35.9 Å². The lowest BCUT2D eigenvalue weighted by Crippen LogP contribution is -2.60. The van der Waals surface area contributed by atoms with Gasteiger partial charge in [-0.3, -0.25) is 0 Å². The molecular weight excluding hydrogens is 234 g/mol. The van der Waals surface area contributed by atoms with Gasteiger partial charge in [0.25, 0.3) is 0 Å². The van der Waals surface area contributed by atoms with E-state index < -0.39 is 0 Å². The quantitative estimate of drug-likeness (QED) is 0.830. The number of rotatable bonds is 1. The molecule has 2 atom stereocenters. The Kier molecular flexibility index (Phi) is 3.64. The number of nitrogens with one attached hydrogen (secondary N) is 1. The fraction of sp³-hybridized carbons (Fsp3) is 0.647. The number of hydrogen-bond donors (Lipinski definition) is 1. The average Bonchev–Trinajstić information content (AvgIpc) is 2.44. The van der Waals surface area contributed by atoms with Gasteiger partial charge in [0.1, 0.15) is 0 Å². The highest BCUT2D eigenvalue weighted by Crippen LogP contribution is 2.38. The minimum Gasteiger partial charge on any atom is -0.370 e. The van der Waals surface area contributed by atoms with Crippen LogP contribution < -0.4 is 5.32 Å². The second kappa shape index (κ2) is 5.26. The van der Waals surface area contributed by atoms with Crippen molar-refractivity contribution in [2.24, 2.45) is 5.92 Å². The van der Waals surface area contributed by atoms with Crippen LogP contribution in [0.3, 0.4) is 0 Å². The number of benzene rings is 1. The van der Waals surface area contributed by atoms with E-state index in [-0.39, 0.29) is 11.6 Å². The summed E-state index contributed by atoms with van der Waals surface area (Å²) in [6.07, 6.45) is 5.39. The molecule has 0 amide bonds. The van der Waals surface area contributed by atoms with Crippen LogP contribution in [0.4, 0.5) is 0 Å². The van der Waals surface area contributed by atoms with E-state index >= 15 is 0 Å². The van der Waals surface area contributed by atoms with Gasteiger partial charge in [-0.25, -0.2) is 0 Å². The molecule has 3 rings (SSSR count). The summed E-state index contributed by atoms with van der Waals surface area (Å²) >= 11 is 0. The summed E-state index contributed by atoms with van der Waals surface area (Å²) in [5, 5.41) is 3.88. The van der Waals surface area contributed by atoms with E-state index in [1.807, 2.05) is 0 Å². The lowest BCUT2D eigenvalue weighted by atomic mass is 9.76. The Labute approximate surface area is 116 Å². The number of hydrogen-bond acceptors (Lipinski definition) is 2. The molecule has 2 unspecified atom stereocenters. The predicted octanol–water partition coefficient (Wildman–Crippen LogP) is 3.68. The van der Waals surface area contributed by atoms with E-state index in [9.17, 15) is 0 Å². The minimum absolute atomic E-state index is 0.200. The van der Waals surface area contributed by atoms with Gasteiger partial charge in [0.05, 0.1) is 12.7 Å². The SMILES string of the molecule is CC1CCC2(CC1)COC(c1ccccc1)C(C)N2. The summed E-state index contributed by atoms with van der Waals surface area (Å²) in [4.78, 5) is 0. The highest BCUT2D eigenvalue weighted by molar-refractivity contribution is 5.20. The maximum absolute atomic E-state index is 6.24. The van der Waals surface area contributed by atoms with Gasteiger partial charge < -0.3 is 10.1 Å². The van der Waals surface area contributed by atoms with Gasteiger partial charge in [-0.15, -0.1) is 0 Å². The van der Waals surface area contributed by atoms with Crippen molar-refractivity contribution in [1.82, 2.24) is 5.32 Å². The Morgan fingerprint density at radius 1 is 1.11 bits per heavy atom. The lowest BCUT2D eigenvalue weighted by Gasteiger charge is -2.48. The molecule has 0 radical (unpaired) electrons. The second-order valence-corrected chi connectivity index (χ2v) is 6.54. The first kappa shape index (κ1) is 13.1. The molecule has 1 N–H and O–H groups in total. The van der Waals surface area contributed by atoms with E-state index in [0.29, 0.717) is 6.04 Å². The normalized spacial score (nSPS) is 39.4. The van der Waals surface area contributed by atoms with Crippen molar-refractivity contribution in [3.63, 3.8) is 0 Å². The van der Waals surface area contributed by atoms with Crippen LogP contribution in [0, 0.1) is 5.92 Å². The zero-order valence-corrected chi connectivity index (χ0v) is 12.1. The van der Waals surface area contributed by atoms with E-state index in [1.54, 1.807) is 0 Å². The van der Waals surface area contributed by atoms with Crippen LogP contribution in [-0.4, -0.2) is 18.2 Å². The Hall–Kier alpha value is -0.860. The van der Waals surface area contributed by atoms with E-state index in [4.69, 9.17) is 4.74 Å². The molecular formula is C17H25NO. The fourth-order valence-corrected chi connectivity index (χ4v) is 3.62. The maximum atomic E-state index is 6.24. The summed E-state index contributed by atoms with van der Waals surface area (Å²) in [5.41, 5.74) is 1.54. The average molecular weight is 259 g/mol. The summed E-state index contributed by atoms with van der Waals surface area (Å²) < 4.78 is 6.24. The highest BCUT2D eigenvalue weighted by Gasteiger charge is 2.41. The van der Waals surface area contributed by atoms with Gasteiger partial charge in [0, 0.05) is 11.6 Å². The van der Waals surface area contributed by atoms with Crippen molar-refractivity contribution in [2.45, 2.75) is 57.2 Å². The molecule has 2 nitrogen and oxygen atoms in total. The van der Waals surface area contributed by atoms with Crippen molar-refractivity contribution < 1.29 is 4.74 Å². The first-order chi connectivity index (χ1) is 9.19. The third kappa shape index (κ3) is 2.70. The zero-order valence-electron chi connectivity index (χ0n) is 12.1. The largest absolute Gasteiger partial charge is 0.370 e. The molecule has 1 aliphatic heterocycles. The third-order valence-corrected chi connectivity index (χ3v) is 4.89. The van der Waals surface area contributed by atoms with Crippen LogP contribution in [0.25, 0.3) is 0 Å². The Balaban J connectivity index is 1.69. The second-order valence-electron chi connectivity index (χ2n) is 6.54. The molecule has 19 heavy (non-hydrogen) atoms. The molecule has 0 bridgehead atoms. The van der Waals surface area contributed by atoms with E-state index in [0.717, 1.165) is 12.5 Å². The Morgan fingerprint density at radius 3 is 2.42 bits per heavy atom. The molecule has 104 valence electrons. The summed E-state index contributed by atoms with van der Waals surface area (Å²) in [7, 11) is 0.